The molecule has 0 aliphatic carbocycles. The summed E-state index contributed by atoms with van der Waals surface area (Å²) in [5, 5.41) is 9.98. The van der Waals surface area contributed by atoms with Crippen molar-refractivity contribution in [2.45, 2.75) is 25.6 Å². The molecule has 5 nitrogen and oxygen atoms in total. The average Bonchev–Trinajstić information content (AvgIpc) is 2.50. The SMILES string of the molecule is COC(=O)[C@](O)(C/C=C/COCc1ccccc1)C(C)=O. The minimum absolute atomic E-state index is 0.135. The van der Waals surface area contributed by atoms with Crippen LogP contribution in [0.2, 0.25) is 0 Å². The van der Waals surface area contributed by atoms with Gasteiger partial charge in [-0.05, 0) is 12.5 Å². The van der Waals surface area contributed by atoms with Crippen molar-refractivity contribution in [2.24, 2.45) is 0 Å². The van der Waals surface area contributed by atoms with Crippen molar-refractivity contribution in [3.05, 3.63) is 48.0 Å². The van der Waals surface area contributed by atoms with E-state index < -0.39 is 17.4 Å². The summed E-state index contributed by atoms with van der Waals surface area (Å²) >= 11 is 0. The third-order valence-electron chi connectivity index (χ3n) is 3.01. The number of ether oxygens (including phenoxy) is 2. The van der Waals surface area contributed by atoms with Crippen LogP contribution in [-0.2, 0) is 25.7 Å². The van der Waals surface area contributed by atoms with Gasteiger partial charge < -0.3 is 14.6 Å². The van der Waals surface area contributed by atoms with E-state index in [0.29, 0.717) is 13.2 Å². The van der Waals surface area contributed by atoms with E-state index in [2.05, 4.69) is 4.74 Å². The van der Waals surface area contributed by atoms with E-state index in [4.69, 9.17) is 4.74 Å². The zero-order valence-corrected chi connectivity index (χ0v) is 12.2. The molecule has 1 N–H and O–H groups in total. The van der Waals surface area contributed by atoms with Gasteiger partial charge in [-0.1, -0.05) is 42.5 Å². The van der Waals surface area contributed by atoms with E-state index >= 15 is 0 Å². The molecule has 0 saturated heterocycles. The maximum atomic E-state index is 11.4. The van der Waals surface area contributed by atoms with Crippen molar-refractivity contribution in [3.8, 4) is 0 Å². The summed E-state index contributed by atoms with van der Waals surface area (Å²) in [5.41, 5.74) is -1.06. The first-order chi connectivity index (χ1) is 10.0. The molecule has 114 valence electrons. The van der Waals surface area contributed by atoms with E-state index in [-0.39, 0.29) is 6.42 Å². The van der Waals surface area contributed by atoms with Crippen molar-refractivity contribution in [1.82, 2.24) is 0 Å². The molecular formula is C16H20O5. The van der Waals surface area contributed by atoms with Crippen LogP contribution in [0.3, 0.4) is 0 Å². The number of rotatable bonds is 8. The van der Waals surface area contributed by atoms with Crippen LogP contribution in [0.25, 0.3) is 0 Å². The minimum atomic E-state index is -2.12. The highest BCUT2D eigenvalue weighted by atomic mass is 16.5. The molecule has 0 fully saturated rings. The van der Waals surface area contributed by atoms with Crippen LogP contribution in [0.5, 0.6) is 0 Å². The standard InChI is InChI=1S/C16H20O5/c1-13(17)16(19,15(18)20-2)10-6-7-11-21-12-14-8-4-3-5-9-14/h3-9,19H,10-12H2,1-2H3/b7-6+/t16-/m0/s1. The smallest absolute Gasteiger partial charge is 0.346 e. The van der Waals surface area contributed by atoms with Crippen LogP contribution in [0.4, 0.5) is 0 Å². The molecule has 0 aromatic heterocycles. The van der Waals surface area contributed by atoms with E-state index in [1.807, 2.05) is 30.3 Å². The fraction of sp³-hybridized carbons (Fsp3) is 0.375. The minimum Gasteiger partial charge on any atom is -0.467 e. The predicted octanol–water partition coefficient (Wildman–Crippen LogP) is 1.64. The number of hydrogen-bond donors (Lipinski definition) is 1. The second-order valence-corrected chi connectivity index (χ2v) is 4.58. The Bertz CT molecular complexity index is 495. The van der Waals surface area contributed by atoms with Gasteiger partial charge in [0.2, 0.25) is 5.60 Å². The van der Waals surface area contributed by atoms with Gasteiger partial charge in [0.25, 0.3) is 0 Å². The van der Waals surface area contributed by atoms with Gasteiger partial charge in [0.1, 0.15) is 0 Å². The van der Waals surface area contributed by atoms with Gasteiger partial charge in [-0.3, -0.25) is 4.79 Å². The molecule has 5 heteroatoms. The largest absolute Gasteiger partial charge is 0.467 e. The quantitative estimate of drug-likeness (QED) is 0.341. The third kappa shape index (κ3) is 5.13. The normalized spacial score (nSPS) is 13.9. The maximum Gasteiger partial charge on any atom is 0.346 e. The lowest BCUT2D eigenvalue weighted by atomic mass is 9.95. The summed E-state index contributed by atoms with van der Waals surface area (Å²) in [4.78, 5) is 22.8. The topological polar surface area (TPSA) is 72.8 Å². The van der Waals surface area contributed by atoms with E-state index in [9.17, 15) is 14.7 Å². The Morgan fingerprint density at radius 2 is 1.90 bits per heavy atom. The van der Waals surface area contributed by atoms with Gasteiger partial charge in [0.15, 0.2) is 5.78 Å². The van der Waals surface area contributed by atoms with Gasteiger partial charge >= 0.3 is 5.97 Å². The number of ketones is 1. The Morgan fingerprint density at radius 1 is 1.24 bits per heavy atom. The second kappa shape index (κ2) is 8.34. The summed E-state index contributed by atoms with van der Waals surface area (Å²) in [7, 11) is 1.13. The molecule has 0 saturated carbocycles. The lowest BCUT2D eigenvalue weighted by Crippen LogP contribution is -2.45. The number of benzene rings is 1. The molecule has 1 aromatic rings. The first-order valence-corrected chi connectivity index (χ1v) is 6.59. The maximum absolute atomic E-state index is 11.4. The Balaban J connectivity index is 2.39. The Morgan fingerprint density at radius 3 is 2.48 bits per heavy atom. The highest BCUT2D eigenvalue weighted by molar-refractivity contribution is 6.05. The molecule has 1 rings (SSSR count). The molecule has 0 aliphatic heterocycles. The second-order valence-electron chi connectivity index (χ2n) is 4.58. The lowest BCUT2D eigenvalue weighted by molar-refractivity contribution is -0.167. The van der Waals surface area contributed by atoms with Crippen molar-refractivity contribution in [1.29, 1.82) is 0 Å². The van der Waals surface area contributed by atoms with E-state index in [1.165, 1.54) is 6.08 Å². The number of methoxy groups -OCH3 is 1. The summed E-state index contributed by atoms with van der Waals surface area (Å²) in [5.74, 6) is -1.60. The van der Waals surface area contributed by atoms with Gasteiger partial charge in [-0.15, -0.1) is 0 Å². The Hall–Kier alpha value is -1.98. The number of esters is 1. The van der Waals surface area contributed by atoms with Crippen LogP contribution in [0, 0.1) is 0 Å². The molecule has 1 atom stereocenters. The van der Waals surface area contributed by atoms with Crippen LogP contribution in [0.1, 0.15) is 18.9 Å². The molecule has 0 unspecified atom stereocenters. The third-order valence-corrected chi connectivity index (χ3v) is 3.01. The molecule has 0 radical (unpaired) electrons. The van der Waals surface area contributed by atoms with Crippen LogP contribution in [0.15, 0.2) is 42.5 Å². The zero-order chi connectivity index (χ0) is 15.7. The van der Waals surface area contributed by atoms with E-state index in [0.717, 1.165) is 19.6 Å². The highest BCUT2D eigenvalue weighted by Gasteiger charge is 2.41. The summed E-state index contributed by atoms with van der Waals surface area (Å²) in [6, 6.07) is 9.69. The molecule has 0 amide bonds. The molecular weight excluding hydrogens is 272 g/mol. The monoisotopic (exact) mass is 292 g/mol. The first-order valence-electron chi connectivity index (χ1n) is 6.59. The molecule has 0 bridgehead atoms. The molecule has 0 aliphatic rings. The predicted molar refractivity (Wildman–Crippen MR) is 77.5 cm³/mol. The zero-order valence-electron chi connectivity index (χ0n) is 12.2. The number of Topliss-reactive ketones (excluding diaryl/α,β-unsaturated/α-hetero) is 1. The molecule has 1 aromatic carbocycles. The summed E-state index contributed by atoms with van der Waals surface area (Å²) in [6.45, 7) is 1.94. The van der Waals surface area contributed by atoms with Crippen molar-refractivity contribution in [3.63, 3.8) is 0 Å². The van der Waals surface area contributed by atoms with Crippen LogP contribution < -0.4 is 0 Å². The van der Waals surface area contributed by atoms with Crippen LogP contribution in [-0.4, -0.2) is 36.2 Å². The van der Waals surface area contributed by atoms with Gasteiger partial charge in [0.05, 0.1) is 20.3 Å². The lowest BCUT2D eigenvalue weighted by Gasteiger charge is -2.20. The van der Waals surface area contributed by atoms with Gasteiger partial charge in [0, 0.05) is 6.42 Å². The average molecular weight is 292 g/mol. The van der Waals surface area contributed by atoms with E-state index in [1.54, 1.807) is 6.08 Å². The Labute approximate surface area is 124 Å². The Kier molecular flexibility index (Phi) is 6.78. The number of hydrogen-bond acceptors (Lipinski definition) is 5. The first kappa shape index (κ1) is 17.1. The molecule has 0 heterocycles. The number of carbonyl (C=O) groups excluding carboxylic acids is 2. The molecule has 0 spiro atoms. The van der Waals surface area contributed by atoms with Gasteiger partial charge in [-0.25, -0.2) is 4.79 Å². The van der Waals surface area contributed by atoms with Crippen molar-refractivity contribution in [2.75, 3.05) is 13.7 Å². The summed E-state index contributed by atoms with van der Waals surface area (Å²) in [6.07, 6.45) is 3.05. The number of aliphatic hydroxyl groups is 1. The van der Waals surface area contributed by atoms with Crippen LogP contribution >= 0.6 is 0 Å². The fourth-order valence-corrected chi connectivity index (χ4v) is 1.68. The van der Waals surface area contributed by atoms with Gasteiger partial charge in [-0.2, -0.15) is 0 Å². The fourth-order valence-electron chi connectivity index (χ4n) is 1.68. The summed E-state index contributed by atoms with van der Waals surface area (Å²) < 4.78 is 9.85. The number of carbonyl (C=O) groups is 2. The van der Waals surface area contributed by atoms with Crippen molar-refractivity contribution >= 4 is 11.8 Å². The van der Waals surface area contributed by atoms with Crippen molar-refractivity contribution < 1.29 is 24.2 Å². The molecule has 21 heavy (non-hydrogen) atoms. The highest BCUT2D eigenvalue weighted by Crippen LogP contribution is 2.14.